The molecule has 1 heterocycles. The van der Waals surface area contributed by atoms with Crippen molar-refractivity contribution in [1.82, 2.24) is 9.97 Å². The van der Waals surface area contributed by atoms with Gasteiger partial charge in [0.2, 0.25) is 11.8 Å². The van der Waals surface area contributed by atoms with Gasteiger partial charge in [-0.2, -0.15) is 4.98 Å². The Balaban J connectivity index is 1.75. The largest absolute Gasteiger partial charge is 0.475 e. The van der Waals surface area contributed by atoms with Crippen molar-refractivity contribution in [3.8, 4) is 5.88 Å². The molecular formula is C16H27N3O2. The van der Waals surface area contributed by atoms with Gasteiger partial charge in [0.1, 0.15) is 0 Å². The van der Waals surface area contributed by atoms with Gasteiger partial charge in [-0.3, -0.25) is 0 Å². The van der Waals surface area contributed by atoms with Gasteiger partial charge in [0.05, 0.1) is 18.8 Å². The minimum absolute atomic E-state index is 0.113. The first kappa shape index (κ1) is 16.0. The summed E-state index contributed by atoms with van der Waals surface area (Å²) in [7, 11) is 0. The lowest BCUT2D eigenvalue weighted by atomic mass is 9.98. The van der Waals surface area contributed by atoms with Gasteiger partial charge in [-0.15, -0.1) is 0 Å². The van der Waals surface area contributed by atoms with Crippen molar-refractivity contribution in [3.05, 3.63) is 11.8 Å². The summed E-state index contributed by atoms with van der Waals surface area (Å²) in [5.74, 6) is 1.23. The second-order valence-electron chi connectivity index (χ2n) is 5.90. The van der Waals surface area contributed by atoms with E-state index in [-0.39, 0.29) is 6.10 Å². The summed E-state index contributed by atoms with van der Waals surface area (Å²) in [5.41, 5.74) is 0.899. The van der Waals surface area contributed by atoms with Crippen molar-refractivity contribution in [2.45, 2.75) is 65.1 Å². The number of aromatic nitrogens is 2. The molecule has 0 aromatic carbocycles. The summed E-state index contributed by atoms with van der Waals surface area (Å²) in [6.45, 7) is 7.34. The fraction of sp³-hybridized carbons (Fsp3) is 0.750. The summed E-state index contributed by atoms with van der Waals surface area (Å²) in [5, 5.41) is 3.21. The van der Waals surface area contributed by atoms with Crippen LogP contribution in [-0.2, 0) is 4.74 Å². The van der Waals surface area contributed by atoms with Crippen molar-refractivity contribution in [2.24, 2.45) is 0 Å². The van der Waals surface area contributed by atoms with E-state index in [0.717, 1.165) is 12.2 Å². The second kappa shape index (κ2) is 8.17. The molecule has 0 aliphatic heterocycles. The molecule has 1 aliphatic rings. The number of anilines is 1. The van der Waals surface area contributed by atoms with Crippen LogP contribution in [0.5, 0.6) is 5.88 Å². The van der Waals surface area contributed by atoms with Crippen molar-refractivity contribution in [2.75, 3.05) is 18.5 Å². The summed E-state index contributed by atoms with van der Waals surface area (Å²) in [4.78, 5) is 8.73. The van der Waals surface area contributed by atoms with Crippen LogP contribution in [0.15, 0.2) is 6.07 Å². The number of nitrogens with one attached hydrogen (secondary N) is 1. The minimum Gasteiger partial charge on any atom is -0.475 e. The maximum Gasteiger partial charge on any atom is 0.226 e. The summed E-state index contributed by atoms with van der Waals surface area (Å²) in [6, 6.07) is 1.85. The molecular weight excluding hydrogens is 266 g/mol. The third-order valence-electron chi connectivity index (χ3n) is 3.48. The number of rotatable bonds is 7. The fourth-order valence-electron chi connectivity index (χ4n) is 2.54. The van der Waals surface area contributed by atoms with Crippen LogP contribution in [0.1, 0.15) is 51.6 Å². The van der Waals surface area contributed by atoms with Crippen molar-refractivity contribution >= 4 is 5.95 Å². The highest BCUT2D eigenvalue weighted by Crippen LogP contribution is 2.20. The average molecular weight is 293 g/mol. The molecule has 0 unspecified atom stereocenters. The van der Waals surface area contributed by atoms with E-state index in [1.165, 1.54) is 32.1 Å². The first-order chi connectivity index (χ1) is 10.1. The highest BCUT2D eigenvalue weighted by molar-refractivity contribution is 5.30. The van der Waals surface area contributed by atoms with Crippen molar-refractivity contribution in [1.29, 1.82) is 0 Å². The zero-order valence-corrected chi connectivity index (χ0v) is 13.4. The monoisotopic (exact) mass is 293 g/mol. The first-order valence-corrected chi connectivity index (χ1v) is 8.01. The molecule has 0 amide bonds. The normalized spacial score (nSPS) is 16.2. The Bertz CT molecular complexity index is 432. The molecule has 1 aromatic rings. The van der Waals surface area contributed by atoms with Gasteiger partial charge in [0, 0.05) is 18.3 Å². The summed E-state index contributed by atoms with van der Waals surface area (Å²) < 4.78 is 11.5. The third-order valence-corrected chi connectivity index (χ3v) is 3.48. The number of hydrogen-bond acceptors (Lipinski definition) is 5. The average Bonchev–Trinajstić information content (AvgIpc) is 2.43. The van der Waals surface area contributed by atoms with E-state index in [0.29, 0.717) is 24.5 Å². The highest BCUT2D eigenvalue weighted by Gasteiger charge is 2.13. The molecule has 1 fully saturated rings. The smallest absolute Gasteiger partial charge is 0.226 e. The van der Waals surface area contributed by atoms with Gasteiger partial charge >= 0.3 is 0 Å². The number of ether oxygens (including phenoxy) is 2. The van der Waals surface area contributed by atoms with Crippen LogP contribution in [0.25, 0.3) is 0 Å². The Kier molecular flexibility index (Phi) is 6.23. The Labute approximate surface area is 127 Å². The standard InChI is InChI=1S/C16H27N3O2/c1-12(2)21-15-11-13(3)18-16(19-15)17-9-10-20-14-7-5-4-6-8-14/h11-12,14H,4-10H2,1-3H3,(H,17,18,19). The quantitative estimate of drug-likeness (QED) is 0.781. The fourth-order valence-corrected chi connectivity index (χ4v) is 2.54. The maximum atomic E-state index is 5.88. The lowest BCUT2D eigenvalue weighted by Crippen LogP contribution is -2.21. The molecule has 0 radical (unpaired) electrons. The van der Waals surface area contributed by atoms with Gasteiger partial charge in [0.15, 0.2) is 0 Å². The van der Waals surface area contributed by atoms with Crippen LogP contribution in [0.2, 0.25) is 0 Å². The van der Waals surface area contributed by atoms with E-state index in [1.807, 2.05) is 26.8 Å². The van der Waals surface area contributed by atoms with Crippen LogP contribution in [0, 0.1) is 6.92 Å². The van der Waals surface area contributed by atoms with Crippen LogP contribution in [-0.4, -0.2) is 35.3 Å². The lowest BCUT2D eigenvalue weighted by molar-refractivity contribution is 0.0347. The molecule has 0 spiro atoms. The molecule has 0 atom stereocenters. The van der Waals surface area contributed by atoms with Crippen LogP contribution in [0.3, 0.4) is 0 Å². The van der Waals surface area contributed by atoms with Crippen molar-refractivity contribution in [3.63, 3.8) is 0 Å². The molecule has 5 nitrogen and oxygen atoms in total. The van der Waals surface area contributed by atoms with Gasteiger partial charge < -0.3 is 14.8 Å². The van der Waals surface area contributed by atoms with E-state index in [2.05, 4.69) is 15.3 Å². The Morgan fingerprint density at radius 2 is 2.00 bits per heavy atom. The van der Waals surface area contributed by atoms with E-state index in [9.17, 15) is 0 Å². The highest BCUT2D eigenvalue weighted by atomic mass is 16.5. The molecule has 1 saturated carbocycles. The Hall–Kier alpha value is -1.36. The predicted octanol–water partition coefficient (Wildman–Crippen LogP) is 3.33. The maximum absolute atomic E-state index is 5.88. The van der Waals surface area contributed by atoms with Crippen LogP contribution in [0.4, 0.5) is 5.95 Å². The minimum atomic E-state index is 0.113. The Morgan fingerprint density at radius 3 is 2.71 bits per heavy atom. The third kappa shape index (κ3) is 5.87. The SMILES string of the molecule is Cc1cc(OC(C)C)nc(NCCOC2CCCCC2)n1. The predicted molar refractivity (Wildman–Crippen MR) is 83.8 cm³/mol. The van der Waals surface area contributed by atoms with Crippen LogP contribution >= 0.6 is 0 Å². The van der Waals surface area contributed by atoms with Crippen LogP contribution < -0.4 is 10.1 Å². The Morgan fingerprint density at radius 1 is 1.24 bits per heavy atom. The summed E-state index contributed by atoms with van der Waals surface area (Å²) >= 11 is 0. The molecule has 1 N–H and O–H groups in total. The molecule has 0 saturated heterocycles. The van der Waals surface area contributed by atoms with E-state index in [4.69, 9.17) is 9.47 Å². The van der Waals surface area contributed by atoms with Gasteiger partial charge in [-0.25, -0.2) is 4.98 Å². The van der Waals surface area contributed by atoms with Gasteiger partial charge in [-0.1, -0.05) is 19.3 Å². The van der Waals surface area contributed by atoms with Gasteiger partial charge in [0.25, 0.3) is 0 Å². The zero-order valence-electron chi connectivity index (χ0n) is 13.4. The molecule has 118 valence electrons. The molecule has 21 heavy (non-hydrogen) atoms. The topological polar surface area (TPSA) is 56.3 Å². The molecule has 1 aliphatic carbocycles. The number of hydrogen-bond donors (Lipinski definition) is 1. The molecule has 0 bridgehead atoms. The van der Waals surface area contributed by atoms with Gasteiger partial charge in [-0.05, 0) is 33.6 Å². The second-order valence-corrected chi connectivity index (χ2v) is 5.90. The molecule has 2 rings (SSSR count). The zero-order chi connectivity index (χ0) is 15.1. The van der Waals surface area contributed by atoms with E-state index < -0.39 is 0 Å². The van der Waals surface area contributed by atoms with E-state index in [1.54, 1.807) is 0 Å². The molecule has 1 aromatic heterocycles. The summed E-state index contributed by atoms with van der Waals surface area (Å²) in [6.07, 6.45) is 6.92. The lowest BCUT2D eigenvalue weighted by Gasteiger charge is -2.22. The van der Waals surface area contributed by atoms with E-state index >= 15 is 0 Å². The molecule has 5 heteroatoms. The first-order valence-electron chi connectivity index (χ1n) is 8.01. The van der Waals surface area contributed by atoms with Crippen molar-refractivity contribution < 1.29 is 9.47 Å². The number of nitrogens with zero attached hydrogens (tertiary/aromatic N) is 2. The number of aryl methyl sites for hydroxylation is 1.